The van der Waals surface area contributed by atoms with Crippen molar-refractivity contribution in [2.24, 2.45) is 0 Å². The van der Waals surface area contributed by atoms with Crippen LogP contribution >= 0.6 is 11.6 Å². The van der Waals surface area contributed by atoms with Gasteiger partial charge in [-0.2, -0.15) is 4.31 Å². The van der Waals surface area contributed by atoms with Crippen LogP contribution in [-0.4, -0.2) is 41.8 Å². The fourth-order valence-electron chi connectivity index (χ4n) is 2.99. The molecular weight excluding hydrogens is 360 g/mol. The molecule has 0 atom stereocenters. The first-order valence-corrected chi connectivity index (χ1v) is 10.00. The third kappa shape index (κ3) is 3.94. The van der Waals surface area contributed by atoms with Crippen molar-refractivity contribution in [3.63, 3.8) is 0 Å². The highest BCUT2D eigenvalue weighted by Gasteiger charge is 2.30. The van der Waals surface area contributed by atoms with Gasteiger partial charge in [-0.3, -0.25) is 0 Å². The Balaban J connectivity index is 1.68. The Bertz CT molecular complexity index is 865. The summed E-state index contributed by atoms with van der Waals surface area (Å²) in [6.07, 6.45) is 2.98. The van der Waals surface area contributed by atoms with E-state index < -0.39 is 10.0 Å². The minimum absolute atomic E-state index is 0.196. The Hall–Kier alpha value is -1.70. The highest BCUT2D eigenvalue weighted by molar-refractivity contribution is 7.89. The van der Waals surface area contributed by atoms with Crippen LogP contribution in [0.2, 0.25) is 5.02 Å². The number of piperidine rings is 1. The first-order chi connectivity index (χ1) is 11.9. The molecule has 1 aliphatic rings. The van der Waals surface area contributed by atoms with Crippen molar-refractivity contribution < 1.29 is 8.42 Å². The van der Waals surface area contributed by atoms with Gasteiger partial charge in [-0.25, -0.2) is 18.4 Å². The van der Waals surface area contributed by atoms with Crippen LogP contribution in [0.15, 0.2) is 35.5 Å². The smallest absolute Gasteiger partial charge is 0.243 e. The molecule has 3 rings (SSSR count). The van der Waals surface area contributed by atoms with Crippen LogP contribution in [0.25, 0.3) is 0 Å². The normalized spacial score (nSPS) is 16.8. The summed E-state index contributed by atoms with van der Waals surface area (Å²) in [5, 5.41) is 3.83. The van der Waals surface area contributed by atoms with Crippen LogP contribution in [0.1, 0.15) is 24.1 Å². The molecule has 1 aromatic heterocycles. The number of hydrogen-bond acceptors (Lipinski definition) is 5. The summed E-state index contributed by atoms with van der Waals surface area (Å²) >= 11 is 6.08. The summed E-state index contributed by atoms with van der Waals surface area (Å²) in [6, 6.07) is 7.08. The van der Waals surface area contributed by atoms with E-state index in [2.05, 4.69) is 15.3 Å². The summed E-state index contributed by atoms with van der Waals surface area (Å²) in [4.78, 5) is 8.57. The lowest BCUT2D eigenvalue weighted by Gasteiger charge is -2.32. The molecule has 0 unspecified atom stereocenters. The first kappa shape index (κ1) is 18.1. The molecule has 1 N–H and O–H groups in total. The van der Waals surface area contributed by atoms with Crippen molar-refractivity contribution in [2.75, 3.05) is 18.4 Å². The lowest BCUT2D eigenvalue weighted by Crippen LogP contribution is -2.42. The highest BCUT2D eigenvalue weighted by atomic mass is 35.5. The molecule has 0 bridgehead atoms. The molecule has 1 fully saturated rings. The Morgan fingerprint density at radius 1 is 1.20 bits per heavy atom. The average molecular weight is 381 g/mol. The SMILES string of the molecule is Cc1cc(NC2CCN(S(=O)(=O)c3cccc(Cl)c3C)CC2)ncn1. The Labute approximate surface area is 153 Å². The molecule has 134 valence electrons. The fourth-order valence-corrected chi connectivity index (χ4v) is 4.94. The van der Waals surface area contributed by atoms with E-state index in [1.807, 2.05) is 13.0 Å². The fraction of sp³-hybridized carbons (Fsp3) is 0.412. The summed E-state index contributed by atoms with van der Waals surface area (Å²) in [5.74, 6) is 0.777. The quantitative estimate of drug-likeness (QED) is 0.882. The predicted molar refractivity (Wildman–Crippen MR) is 98.4 cm³/mol. The van der Waals surface area contributed by atoms with E-state index in [4.69, 9.17) is 11.6 Å². The summed E-state index contributed by atoms with van der Waals surface area (Å²) in [7, 11) is -3.52. The van der Waals surface area contributed by atoms with E-state index in [0.29, 0.717) is 23.7 Å². The molecule has 0 spiro atoms. The summed E-state index contributed by atoms with van der Waals surface area (Å²) in [6.45, 7) is 4.59. The molecule has 1 saturated heterocycles. The van der Waals surface area contributed by atoms with Gasteiger partial charge in [0, 0.05) is 35.9 Å². The molecule has 1 aliphatic heterocycles. The third-order valence-electron chi connectivity index (χ3n) is 4.45. The van der Waals surface area contributed by atoms with Crippen molar-refractivity contribution in [3.8, 4) is 0 Å². The van der Waals surface area contributed by atoms with E-state index in [0.717, 1.165) is 24.4 Å². The van der Waals surface area contributed by atoms with Crippen molar-refractivity contribution in [1.29, 1.82) is 0 Å². The molecule has 0 saturated carbocycles. The number of hydrogen-bond donors (Lipinski definition) is 1. The predicted octanol–water partition coefficient (Wildman–Crippen LogP) is 3.01. The zero-order valence-corrected chi connectivity index (χ0v) is 15.8. The summed E-state index contributed by atoms with van der Waals surface area (Å²) < 4.78 is 27.3. The van der Waals surface area contributed by atoms with Gasteiger partial charge < -0.3 is 5.32 Å². The standard InChI is InChI=1S/C17H21ClN4O2S/c1-12-10-17(20-11-19-12)21-14-6-8-22(9-7-14)25(23,24)16-5-3-4-15(18)13(16)2/h3-5,10-11,14H,6-9H2,1-2H3,(H,19,20,21). The Morgan fingerprint density at radius 2 is 1.92 bits per heavy atom. The van der Waals surface area contributed by atoms with Gasteiger partial charge in [0.15, 0.2) is 0 Å². The zero-order chi connectivity index (χ0) is 18.0. The lowest BCUT2D eigenvalue weighted by molar-refractivity contribution is 0.329. The second-order valence-electron chi connectivity index (χ2n) is 6.23. The van der Waals surface area contributed by atoms with Gasteiger partial charge in [0.05, 0.1) is 4.90 Å². The van der Waals surface area contributed by atoms with E-state index in [9.17, 15) is 8.42 Å². The van der Waals surface area contributed by atoms with Crippen LogP contribution < -0.4 is 5.32 Å². The molecule has 2 heterocycles. The van der Waals surface area contributed by atoms with Gasteiger partial charge in [0.2, 0.25) is 10.0 Å². The second-order valence-corrected chi connectivity index (χ2v) is 8.54. The van der Waals surface area contributed by atoms with Crippen molar-refractivity contribution in [1.82, 2.24) is 14.3 Å². The molecule has 6 nitrogen and oxygen atoms in total. The first-order valence-electron chi connectivity index (χ1n) is 8.18. The third-order valence-corrected chi connectivity index (χ3v) is 6.90. The number of sulfonamides is 1. The van der Waals surface area contributed by atoms with Crippen LogP contribution in [-0.2, 0) is 10.0 Å². The minimum atomic E-state index is -3.52. The van der Waals surface area contributed by atoms with E-state index >= 15 is 0 Å². The average Bonchev–Trinajstić information content (AvgIpc) is 2.58. The lowest BCUT2D eigenvalue weighted by atomic mass is 10.1. The second kappa shape index (κ2) is 7.27. The van der Waals surface area contributed by atoms with Crippen LogP contribution in [0.5, 0.6) is 0 Å². The molecule has 25 heavy (non-hydrogen) atoms. The molecule has 2 aromatic rings. The molecule has 0 radical (unpaired) electrons. The number of benzene rings is 1. The molecule has 0 aliphatic carbocycles. The molecular formula is C17H21ClN4O2S. The van der Waals surface area contributed by atoms with Gasteiger partial charge in [-0.15, -0.1) is 0 Å². The van der Waals surface area contributed by atoms with Crippen molar-refractivity contribution in [3.05, 3.63) is 46.9 Å². The maximum absolute atomic E-state index is 12.9. The largest absolute Gasteiger partial charge is 0.367 e. The van der Waals surface area contributed by atoms with Crippen molar-refractivity contribution in [2.45, 2.75) is 37.6 Å². The van der Waals surface area contributed by atoms with Gasteiger partial charge in [-0.1, -0.05) is 17.7 Å². The topological polar surface area (TPSA) is 75.2 Å². The molecule has 1 aromatic carbocycles. The maximum Gasteiger partial charge on any atom is 0.243 e. The monoisotopic (exact) mass is 380 g/mol. The van der Waals surface area contributed by atoms with E-state index in [1.54, 1.807) is 25.1 Å². The minimum Gasteiger partial charge on any atom is -0.367 e. The summed E-state index contributed by atoms with van der Waals surface area (Å²) in [5.41, 5.74) is 1.50. The molecule has 0 amide bonds. The number of rotatable bonds is 4. The van der Waals surface area contributed by atoms with Crippen LogP contribution in [0.4, 0.5) is 5.82 Å². The molecule has 8 heteroatoms. The number of halogens is 1. The zero-order valence-electron chi connectivity index (χ0n) is 14.2. The highest BCUT2D eigenvalue weighted by Crippen LogP contribution is 2.27. The van der Waals surface area contributed by atoms with Crippen LogP contribution in [0.3, 0.4) is 0 Å². The Morgan fingerprint density at radius 3 is 2.60 bits per heavy atom. The van der Waals surface area contributed by atoms with E-state index in [1.165, 1.54) is 10.6 Å². The van der Waals surface area contributed by atoms with Crippen LogP contribution in [0, 0.1) is 13.8 Å². The Kier molecular flexibility index (Phi) is 5.27. The maximum atomic E-state index is 12.9. The van der Waals surface area contributed by atoms with Gasteiger partial charge in [-0.05, 0) is 44.4 Å². The van der Waals surface area contributed by atoms with Gasteiger partial charge in [0.25, 0.3) is 0 Å². The number of aromatic nitrogens is 2. The van der Waals surface area contributed by atoms with Crippen molar-refractivity contribution >= 4 is 27.4 Å². The number of aryl methyl sites for hydroxylation is 1. The van der Waals surface area contributed by atoms with Gasteiger partial charge in [0.1, 0.15) is 12.1 Å². The number of nitrogens with zero attached hydrogens (tertiary/aromatic N) is 3. The number of anilines is 1. The van der Waals surface area contributed by atoms with Gasteiger partial charge >= 0.3 is 0 Å². The number of nitrogens with one attached hydrogen (secondary N) is 1. The van der Waals surface area contributed by atoms with E-state index in [-0.39, 0.29) is 10.9 Å².